The van der Waals surface area contributed by atoms with Crippen LogP contribution in [0.3, 0.4) is 0 Å². The maximum absolute atomic E-state index is 11.7. The molecular weight excluding hydrogens is 274 g/mol. The van der Waals surface area contributed by atoms with E-state index in [2.05, 4.69) is 24.1 Å². The Bertz CT molecular complexity index is 483. The largest absolute Gasteiger partial charge is 0.365 e. The van der Waals surface area contributed by atoms with Crippen LogP contribution < -0.4 is 16.4 Å². The van der Waals surface area contributed by atoms with E-state index >= 15 is 0 Å². The first-order chi connectivity index (χ1) is 9.58. The molecule has 5 nitrogen and oxygen atoms in total. The third-order valence-corrected chi connectivity index (χ3v) is 3.84. The first-order valence-corrected chi connectivity index (χ1v) is 7.48. The fourth-order valence-electron chi connectivity index (χ4n) is 1.70. The molecule has 6 heteroatoms. The molecule has 0 atom stereocenters. The summed E-state index contributed by atoms with van der Waals surface area (Å²) >= 11 is 1.28. The highest BCUT2D eigenvalue weighted by Gasteiger charge is 2.15. The van der Waals surface area contributed by atoms with Gasteiger partial charge < -0.3 is 16.4 Å². The Morgan fingerprint density at radius 3 is 2.80 bits per heavy atom. The van der Waals surface area contributed by atoms with E-state index in [9.17, 15) is 9.59 Å². The van der Waals surface area contributed by atoms with Crippen LogP contribution in [-0.4, -0.2) is 18.5 Å². The predicted octanol–water partition coefficient (Wildman–Crippen LogP) is 2.89. The number of primary amides is 1. The zero-order valence-electron chi connectivity index (χ0n) is 11.7. The molecule has 0 spiro atoms. The standard InChI is InChI=1S/C14H21N3O2S/c1-3-5-6-8-16-14(19)17-11-9-10(7-4-2)20-12(11)13(15)18/h4,9H,2-3,5-8H2,1H3,(H2,15,18)(H2,16,17,19). The van der Waals surface area contributed by atoms with E-state index in [0.29, 0.717) is 23.5 Å². The summed E-state index contributed by atoms with van der Waals surface area (Å²) in [5, 5.41) is 5.43. The molecule has 0 unspecified atom stereocenters. The average Bonchev–Trinajstić information content (AvgIpc) is 2.78. The minimum Gasteiger partial charge on any atom is -0.365 e. The number of rotatable bonds is 8. The van der Waals surface area contributed by atoms with Crippen molar-refractivity contribution in [3.05, 3.63) is 28.5 Å². The molecule has 0 radical (unpaired) electrons. The lowest BCUT2D eigenvalue weighted by Crippen LogP contribution is -2.30. The summed E-state index contributed by atoms with van der Waals surface area (Å²) < 4.78 is 0. The van der Waals surface area contributed by atoms with Gasteiger partial charge in [0.05, 0.1) is 5.69 Å². The molecule has 0 aliphatic rings. The van der Waals surface area contributed by atoms with E-state index in [0.717, 1.165) is 24.1 Å². The molecule has 1 aromatic rings. The first kappa shape index (κ1) is 16.2. The predicted molar refractivity (Wildman–Crippen MR) is 83.3 cm³/mol. The summed E-state index contributed by atoms with van der Waals surface area (Å²) in [6, 6.07) is 1.45. The summed E-state index contributed by atoms with van der Waals surface area (Å²) in [5.74, 6) is -0.536. The van der Waals surface area contributed by atoms with Gasteiger partial charge in [0, 0.05) is 11.4 Å². The molecule has 0 aliphatic heterocycles. The number of urea groups is 1. The molecule has 1 aromatic heterocycles. The molecule has 0 fully saturated rings. The minimum absolute atomic E-state index is 0.313. The summed E-state index contributed by atoms with van der Waals surface area (Å²) in [6.07, 6.45) is 5.51. The van der Waals surface area contributed by atoms with Gasteiger partial charge in [0.25, 0.3) is 5.91 Å². The number of carbonyl (C=O) groups excluding carboxylic acids is 2. The molecule has 110 valence electrons. The zero-order valence-corrected chi connectivity index (χ0v) is 12.5. The molecule has 20 heavy (non-hydrogen) atoms. The van der Waals surface area contributed by atoms with E-state index in [-0.39, 0.29) is 6.03 Å². The van der Waals surface area contributed by atoms with Crippen molar-refractivity contribution in [3.8, 4) is 0 Å². The van der Waals surface area contributed by atoms with Crippen LogP contribution in [0, 0.1) is 0 Å². The van der Waals surface area contributed by atoms with E-state index in [1.54, 1.807) is 12.1 Å². The molecule has 0 bridgehead atoms. The fraction of sp³-hybridized carbons (Fsp3) is 0.429. The van der Waals surface area contributed by atoms with Crippen LogP contribution in [-0.2, 0) is 6.42 Å². The molecule has 1 rings (SSSR count). The Morgan fingerprint density at radius 1 is 1.45 bits per heavy atom. The quantitative estimate of drug-likeness (QED) is 0.509. The summed E-state index contributed by atoms with van der Waals surface area (Å²) in [4.78, 5) is 24.4. The van der Waals surface area contributed by atoms with Gasteiger partial charge in [-0.25, -0.2) is 4.79 Å². The number of nitrogens with one attached hydrogen (secondary N) is 2. The van der Waals surface area contributed by atoms with Crippen molar-refractivity contribution < 1.29 is 9.59 Å². The molecule has 0 saturated heterocycles. The number of unbranched alkanes of at least 4 members (excludes halogenated alkanes) is 2. The highest BCUT2D eigenvalue weighted by atomic mass is 32.1. The van der Waals surface area contributed by atoms with Crippen molar-refractivity contribution in [1.82, 2.24) is 5.32 Å². The number of anilines is 1. The maximum Gasteiger partial charge on any atom is 0.319 e. The molecule has 4 N–H and O–H groups in total. The number of thiophene rings is 1. The van der Waals surface area contributed by atoms with Crippen LogP contribution in [0.5, 0.6) is 0 Å². The monoisotopic (exact) mass is 295 g/mol. The fourth-order valence-corrected chi connectivity index (χ4v) is 2.66. The first-order valence-electron chi connectivity index (χ1n) is 6.66. The third-order valence-electron chi connectivity index (χ3n) is 2.67. The number of carbonyl (C=O) groups is 2. The van der Waals surface area contributed by atoms with Crippen molar-refractivity contribution in [3.63, 3.8) is 0 Å². The lowest BCUT2D eigenvalue weighted by molar-refractivity contribution is 0.100. The molecular formula is C14H21N3O2S. The van der Waals surface area contributed by atoms with Gasteiger partial charge in [-0.3, -0.25) is 4.79 Å². The lowest BCUT2D eigenvalue weighted by atomic mass is 10.2. The second-order valence-corrected chi connectivity index (χ2v) is 5.54. The van der Waals surface area contributed by atoms with Crippen molar-refractivity contribution in [2.75, 3.05) is 11.9 Å². The van der Waals surface area contributed by atoms with Crippen LogP contribution >= 0.6 is 11.3 Å². The van der Waals surface area contributed by atoms with E-state index < -0.39 is 5.91 Å². The maximum atomic E-state index is 11.7. The molecule has 0 aromatic carbocycles. The average molecular weight is 295 g/mol. The zero-order chi connectivity index (χ0) is 15.0. The number of allylic oxidation sites excluding steroid dienone is 1. The number of amides is 3. The Balaban J connectivity index is 2.63. The molecule has 0 aliphatic carbocycles. The Morgan fingerprint density at radius 2 is 2.20 bits per heavy atom. The highest BCUT2D eigenvalue weighted by molar-refractivity contribution is 7.14. The Labute approximate surface area is 123 Å². The number of hydrogen-bond donors (Lipinski definition) is 3. The van der Waals surface area contributed by atoms with E-state index in [1.807, 2.05) is 0 Å². The van der Waals surface area contributed by atoms with Gasteiger partial charge in [0.15, 0.2) is 0 Å². The van der Waals surface area contributed by atoms with Crippen molar-refractivity contribution in [1.29, 1.82) is 0 Å². The van der Waals surface area contributed by atoms with Crippen molar-refractivity contribution in [2.24, 2.45) is 5.73 Å². The molecule has 3 amide bonds. The number of hydrogen-bond acceptors (Lipinski definition) is 3. The van der Waals surface area contributed by atoms with Gasteiger partial charge in [-0.05, 0) is 18.9 Å². The van der Waals surface area contributed by atoms with Gasteiger partial charge in [0.2, 0.25) is 0 Å². The SMILES string of the molecule is C=CCc1cc(NC(=O)NCCCCC)c(C(N)=O)s1. The second-order valence-electron chi connectivity index (χ2n) is 4.40. The third kappa shape index (κ3) is 5.05. The highest BCUT2D eigenvalue weighted by Crippen LogP contribution is 2.27. The summed E-state index contributed by atoms with van der Waals surface area (Å²) in [6.45, 7) is 6.37. The van der Waals surface area contributed by atoms with Gasteiger partial charge in [-0.15, -0.1) is 17.9 Å². The lowest BCUT2D eigenvalue weighted by Gasteiger charge is -2.06. The van der Waals surface area contributed by atoms with Crippen LogP contribution in [0.1, 0.15) is 40.7 Å². The number of nitrogens with two attached hydrogens (primary N) is 1. The van der Waals surface area contributed by atoms with Crippen LogP contribution in [0.4, 0.5) is 10.5 Å². The second kappa shape index (κ2) is 8.37. The Kier molecular flexibility index (Phi) is 6.79. The van der Waals surface area contributed by atoms with Gasteiger partial charge in [0.1, 0.15) is 4.88 Å². The summed E-state index contributed by atoms with van der Waals surface area (Å²) in [5.41, 5.74) is 5.78. The van der Waals surface area contributed by atoms with Crippen LogP contribution in [0.15, 0.2) is 18.7 Å². The minimum atomic E-state index is -0.536. The van der Waals surface area contributed by atoms with Gasteiger partial charge in [-0.1, -0.05) is 25.8 Å². The van der Waals surface area contributed by atoms with Crippen molar-refractivity contribution >= 4 is 29.0 Å². The molecule has 0 saturated carbocycles. The van der Waals surface area contributed by atoms with Crippen LogP contribution in [0.25, 0.3) is 0 Å². The van der Waals surface area contributed by atoms with Crippen molar-refractivity contribution in [2.45, 2.75) is 32.6 Å². The smallest absolute Gasteiger partial charge is 0.319 e. The van der Waals surface area contributed by atoms with E-state index in [4.69, 9.17) is 5.73 Å². The van der Waals surface area contributed by atoms with Crippen LogP contribution in [0.2, 0.25) is 0 Å². The normalized spacial score (nSPS) is 10.1. The Hall–Kier alpha value is -1.82. The summed E-state index contributed by atoms with van der Waals surface area (Å²) in [7, 11) is 0. The topological polar surface area (TPSA) is 84.2 Å². The van der Waals surface area contributed by atoms with Gasteiger partial charge >= 0.3 is 6.03 Å². The molecule has 1 heterocycles. The van der Waals surface area contributed by atoms with E-state index in [1.165, 1.54) is 11.3 Å². The van der Waals surface area contributed by atoms with Gasteiger partial charge in [-0.2, -0.15) is 0 Å².